The number of amides is 1. The number of halogens is 1. The average molecular weight is 479 g/mol. The molecule has 5 aromatic rings. The van der Waals surface area contributed by atoms with Crippen molar-refractivity contribution in [3.8, 4) is 22.6 Å². The van der Waals surface area contributed by atoms with Crippen LogP contribution in [0.3, 0.4) is 0 Å². The summed E-state index contributed by atoms with van der Waals surface area (Å²) in [7, 11) is 0. The summed E-state index contributed by atoms with van der Waals surface area (Å²) in [6.07, 6.45) is 7.53. The van der Waals surface area contributed by atoms with Crippen molar-refractivity contribution in [2.45, 2.75) is 32.2 Å². The molecule has 0 bridgehead atoms. The van der Waals surface area contributed by atoms with Gasteiger partial charge in [-0.05, 0) is 55.3 Å². The first kappa shape index (κ1) is 22.0. The highest BCUT2D eigenvalue weighted by atomic mass is 19.1. The maximum Gasteiger partial charge on any atom is 0.256 e. The molecule has 7 nitrogen and oxygen atoms in total. The standard InChI is InChI=1S/C28H23FN6O/c29-22-10-9-19(27-34-33-26-8-2-1-5-15-35(26)27)16-25(22)32-28(36)21-17-24(18-11-13-30-14-12-18)31-23-7-4-3-6-20(21)23/h3-4,6-7,9-14,16-17H,1-2,5,8,15H2,(H,32,36). The monoisotopic (exact) mass is 478 g/mol. The number of aryl methyl sites for hydroxylation is 1. The van der Waals surface area contributed by atoms with Gasteiger partial charge in [-0.3, -0.25) is 9.78 Å². The maximum absolute atomic E-state index is 14.9. The fourth-order valence-corrected chi connectivity index (χ4v) is 4.68. The van der Waals surface area contributed by atoms with Gasteiger partial charge in [0.15, 0.2) is 5.82 Å². The molecule has 0 unspecified atom stereocenters. The van der Waals surface area contributed by atoms with Crippen molar-refractivity contribution in [2.24, 2.45) is 0 Å². The van der Waals surface area contributed by atoms with Crippen LogP contribution in [0.15, 0.2) is 73.1 Å². The molecule has 178 valence electrons. The van der Waals surface area contributed by atoms with Gasteiger partial charge >= 0.3 is 0 Å². The molecule has 0 spiro atoms. The first-order valence-electron chi connectivity index (χ1n) is 12.0. The van der Waals surface area contributed by atoms with E-state index in [1.165, 1.54) is 6.07 Å². The third-order valence-electron chi connectivity index (χ3n) is 6.52. The number of aromatic nitrogens is 5. The summed E-state index contributed by atoms with van der Waals surface area (Å²) >= 11 is 0. The normalized spacial score (nSPS) is 13.2. The number of nitrogens with zero attached hydrogens (tertiary/aromatic N) is 5. The Morgan fingerprint density at radius 1 is 0.917 bits per heavy atom. The SMILES string of the molecule is O=C(Nc1cc(-c2nnc3n2CCCCC3)ccc1F)c1cc(-c2ccncc2)nc2ccccc12. The Kier molecular flexibility index (Phi) is 5.69. The number of hydrogen-bond donors (Lipinski definition) is 1. The van der Waals surface area contributed by atoms with Crippen LogP contribution in [0.4, 0.5) is 10.1 Å². The van der Waals surface area contributed by atoms with Crippen molar-refractivity contribution < 1.29 is 9.18 Å². The van der Waals surface area contributed by atoms with Gasteiger partial charge in [-0.2, -0.15) is 0 Å². The zero-order chi connectivity index (χ0) is 24.5. The van der Waals surface area contributed by atoms with E-state index < -0.39 is 11.7 Å². The molecule has 4 heterocycles. The predicted molar refractivity (Wildman–Crippen MR) is 136 cm³/mol. The van der Waals surface area contributed by atoms with Crippen molar-refractivity contribution in [3.63, 3.8) is 0 Å². The van der Waals surface area contributed by atoms with E-state index in [2.05, 4.69) is 25.1 Å². The summed E-state index contributed by atoms with van der Waals surface area (Å²) in [4.78, 5) is 22.3. The van der Waals surface area contributed by atoms with Crippen LogP contribution < -0.4 is 5.32 Å². The zero-order valence-corrected chi connectivity index (χ0v) is 19.5. The van der Waals surface area contributed by atoms with E-state index in [0.717, 1.165) is 43.6 Å². The van der Waals surface area contributed by atoms with Crippen LogP contribution in [0.5, 0.6) is 0 Å². The number of rotatable bonds is 4. The number of fused-ring (bicyclic) bond motifs is 2. The number of carbonyl (C=O) groups excluding carboxylic acids is 1. The van der Waals surface area contributed by atoms with E-state index >= 15 is 0 Å². The van der Waals surface area contributed by atoms with Crippen LogP contribution >= 0.6 is 0 Å². The molecule has 2 aromatic carbocycles. The topological polar surface area (TPSA) is 85.6 Å². The van der Waals surface area contributed by atoms with Gasteiger partial charge in [0.25, 0.3) is 5.91 Å². The van der Waals surface area contributed by atoms with Crippen LogP contribution in [0, 0.1) is 5.82 Å². The molecule has 0 atom stereocenters. The molecule has 1 amide bonds. The van der Waals surface area contributed by atoms with Crippen LogP contribution in [-0.2, 0) is 13.0 Å². The number of anilines is 1. The van der Waals surface area contributed by atoms with Crippen molar-refractivity contribution in [1.29, 1.82) is 0 Å². The minimum atomic E-state index is -0.518. The molecular weight excluding hydrogens is 455 g/mol. The first-order valence-corrected chi connectivity index (χ1v) is 12.0. The largest absolute Gasteiger partial charge is 0.319 e. The number of hydrogen-bond acceptors (Lipinski definition) is 5. The Bertz CT molecular complexity index is 1580. The van der Waals surface area contributed by atoms with Crippen LogP contribution in [0.1, 0.15) is 35.4 Å². The Morgan fingerprint density at radius 3 is 2.67 bits per heavy atom. The molecule has 6 rings (SSSR count). The smallest absolute Gasteiger partial charge is 0.256 e. The Labute approximate surface area is 207 Å². The van der Waals surface area contributed by atoms with E-state index in [0.29, 0.717) is 33.5 Å². The summed E-state index contributed by atoms with van der Waals surface area (Å²) in [5, 5.41) is 12.2. The van der Waals surface area contributed by atoms with E-state index in [1.807, 2.05) is 36.4 Å². The number of para-hydroxylation sites is 1. The van der Waals surface area contributed by atoms with Gasteiger partial charge in [-0.15, -0.1) is 10.2 Å². The summed E-state index contributed by atoms with van der Waals surface area (Å²) in [6, 6.07) is 17.5. The third-order valence-corrected chi connectivity index (χ3v) is 6.52. The number of nitrogens with one attached hydrogen (secondary N) is 1. The summed E-state index contributed by atoms with van der Waals surface area (Å²) in [6.45, 7) is 0.831. The highest BCUT2D eigenvalue weighted by molar-refractivity contribution is 6.13. The van der Waals surface area contributed by atoms with E-state index in [-0.39, 0.29) is 5.69 Å². The molecule has 0 radical (unpaired) electrons. The van der Waals surface area contributed by atoms with Crippen molar-refractivity contribution in [1.82, 2.24) is 24.7 Å². The molecule has 36 heavy (non-hydrogen) atoms. The van der Waals surface area contributed by atoms with Gasteiger partial charge in [-0.25, -0.2) is 9.37 Å². The fraction of sp³-hybridized carbons (Fsp3) is 0.179. The lowest BCUT2D eigenvalue weighted by molar-refractivity contribution is 0.102. The number of pyridine rings is 2. The number of benzene rings is 2. The van der Waals surface area contributed by atoms with Crippen LogP contribution in [-0.4, -0.2) is 30.6 Å². The molecule has 3 aromatic heterocycles. The lowest BCUT2D eigenvalue weighted by atomic mass is 10.0. The summed E-state index contributed by atoms with van der Waals surface area (Å²) in [5.74, 6) is 0.705. The molecule has 0 aliphatic carbocycles. The van der Waals surface area contributed by atoms with Crippen molar-refractivity contribution >= 4 is 22.5 Å². The quantitative estimate of drug-likeness (QED) is 0.360. The highest BCUT2D eigenvalue weighted by Crippen LogP contribution is 2.29. The summed E-state index contributed by atoms with van der Waals surface area (Å²) in [5.41, 5.74) is 3.37. The van der Waals surface area contributed by atoms with Crippen molar-refractivity contribution in [3.05, 3.63) is 90.3 Å². The van der Waals surface area contributed by atoms with Gasteiger partial charge in [0.05, 0.1) is 22.5 Å². The zero-order valence-electron chi connectivity index (χ0n) is 19.5. The van der Waals surface area contributed by atoms with Gasteiger partial charge < -0.3 is 9.88 Å². The third kappa shape index (κ3) is 4.11. The van der Waals surface area contributed by atoms with Crippen LogP contribution in [0.25, 0.3) is 33.5 Å². The van der Waals surface area contributed by atoms with E-state index in [4.69, 9.17) is 4.98 Å². The first-order chi connectivity index (χ1) is 17.7. The molecule has 1 aliphatic rings. The molecule has 8 heteroatoms. The Morgan fingerprint density at radius 2 is 1.78 bits per heavy atom. The molecular formula is C28H23FN6O. The second kappa shape index (κ2) is 9.30. The molecule has 0 saturated carbocycles. The lowest BCUT2D eigenvalue weighted by Crippen LogP contribution is -2.14. The second-order valence-corrected chi connectivity index (χ2v) is 8.86. The second-order valence-electron chi connectivity index (χ2n) is 8.86. The molecule has 0 saturated heterocycles. The Balaban J connectivity index is 1.38. The average Bonchev–Trinajstić information content (AvgIpc) is 3.17. The van der Waals surface area contributed by atoms with Gasteiger partial charge in [0, 0.05) is 41.9 Å². The Hall–Kier alpha value is -4.46. The van der Waals surface area contributed by atoms with Crippen molar-refractivity contribution in [2.75, 3.05) is 5.32 Å². The minimum absolute atomic E-state index is 0.0924. The lowest BCUT2D eigenvalue weighted by Gasteiger charge is -2.12. The predicted octanol–water partition coefficient (Wildman–Crippen LogP) is 5.67. The highest BCUT2D eigenvalue weighted by Gasteiger charge is 2.19. The number of carbonyl (C=O) groups is 1. The molecule has 1 N–H and O–H groups in total. The van der Waals surface area contributed by atoms with Gasteiger partial charge in [0.1, 0.15) is 11.6 Å². The molecule has 1 aliphatic heterocycles. The van der Waals surface area contributed by atoms with E-state index in [1.54, 1.807) is 30.6 Å². The maximum atomic E-state index is 14.9. The van der Waals surface area contributed by atoms with Crippen LogP contribution in [0.2, 0.25) is 0 Å². The summed E-state index contributed by atoms with van der Waals surface area (Å²) < 4.78 is 17.0. The van der Waals surface area contributed by atoms with E-state index in [9.17, 15) is 9.18 Å². The van der Waals surface area contributed by atoms with Gasteiger partial charge in [0.2, 0.25) is 0 Å². The van der Waals surface area contributed by atoms with Gasteiger partial charge in [-0.1, -0.05) is 24.6 Å². The minimum Gasteiger partial charge on any atom is -0.319 e. The molecule has 0 fully saturated rings. The fourth-order valence-electron chi connectivity index (χ4n) is 4.68.